The molecule has 1 aliphatic carbocycles. The highest BCUT2D eigenvalue weighted by Crippen LogP contribution is 2.38. The zero-order chi connectivity index (χ0) is 12.9. The maximum Gasteiger partial charge on any atom is 0.251 e. The summed E-state index contributed by atoms with van der Waals surface area (Å²) >= 11 is 3.30. The molecule has 0 aliphatic heterocycles. The molecule has 18 heavy (non-hydrogen) atoms. The van der Waals surface area contributed by atoms with Gasteiger partial charge in [0.05, 0.1) is 9.99 Å². The molecule has 1 saturated carbocycles. The maximum absolute atomic E-state index is 13.8. The van der Waals surface area contributed by atoms with Gasteiger partial charge in [-0.1, -0.05) is 6.92 Å². The number of halogens is 2. The molecule has 0 amide bonds. The van der Waals surface area contributed by atoms with Crippen LogP contribution >= 0.6 is 15.9 Å². The zero-order valence-electron chi connectivity index (χ0n) is 10.0. The third-order valence-corrected chi connectivity index (χ3v) is 4.32. The summed E-state index contributed by atoms with van der Waals surface area (Å²) in [5, 5.41) is 0.805. The minimum atomic E-state index is -0.264. The van der Waals surface area contributed by atoms with E-state index in [2.05, 4.69) is 15.9 Å². The van der Waals surface area contributed by atoms with Crippen LogP contribution in [0.4, 0.5) is 4.39 Å². The molecule has 0 unspecified atom stereocenters. The number of rotatable bonds is 2. The van der Waals surface area contributed by atoms with Crippen molar-refractivity contribution in [1.29, 1.82) is 0 Å². The van der Waals surface area contributed by atoms with Gasteiger partial charge in [-0.3, -0.25) is 4.79 Å². The monoisotopic (exact) mass is 309 g/mol. The largest absolute Gasteiger partial charge is 0.305 e. The number of pyridine rings is 1. The first-order valence-electron chi connectivity index (χ1n) is 6.15. The van der Waals surface area contributed by atoms with Crippen molar-refractivity contribution in [1.82, 2.24) is 4.57 Å². The van der Waals surface area contributed by atoms with Gasteiger partial charge >= 0.3 is 0 Å². The van der Waals surface area contributed by atoms with E-state index in [0.717, 1.165) is 29.3 Å². The first-order valence-corrected chi connectivity index (χ1v) is 6.95. The molecule has 1 heterocycles. The van der Waals surface area contributed by atoms with Crippen LogP contribution in [0.2, 0.25) is 0 Å². The van der Waals surface area contributed by atoms with Gasteiger partial charge in [-0.15, -0.1) is 0 Å². The Morgan fingerprint density at radius 1 is 1.44 bits per heavy atom. The van der Waals surface area contributed by atoms with Crippen LogP contribution in [0.5, 0.6) is 0 Å². The summed E-state index contributed by atoms with van der Waals surface area (Å²) in [5.41, 5.74) is 1.79. The second-order valence-corrected chi connectivity index (χ2v) is 5.51. The minimum absolute atomic E-state index is 0.0122. The second kappa shape index (κ2) is 4.19. The van der Waals surface area contributed by atoms with E-state index in [1.165, 1.54) is 12.1 Å². The van der Waals surface area contributed by atoms with E-state index >= 15 is 0 Å². The number of hydrogen-bond donors (Lipinski definition) is 0. The van der Waals surface area contributed by atoms with E-state index in [0.29, 0.717) is 16.9 Å². The third-order valence-electron chi connectivity index (χ3n) is 3.47. The lowest BCUT2D eigenvalue weighted by molar-refractivity contribution is 0.619. The van der Waals surface area contributed by atoms with Gasteiger partial charge < -0.3 is 4.57 Å². The first kappa shape index (κ1) is 11.9. The van der Waals surface area contributed by atoms with Gasteiger partial charge in [0.15, 0.2) is 0 Å². The Labute approximate surface area is 113 Å². The fourth-order valence-corrected chi connectivity index (χ4v) is 3.05. The Bertz CT molecular complexity index is 688. The topological polar surface area (TPSA) is 22.0 Å². The summed E-state index contributed by atoms with van der Waals surface area (Å²) < 4.78 is 16.1. The van der Waals surface area contributed by atoms with E-state index < -0.39 is 0 Å². The first-order chi connectivity index (χ1) is 8.63. The fourth-order valence-electron chi connectivity index (χ4n) is 2.47. The van der Waals surface area contributed by atoms with Crippen LogP contribution in [0, 0.1) is 5.82 Å². The number of benzene rings is 1. The number of nitrogens with zero attached hydrogens (tertiary/aromatic N) is 1. The highest BCUT2D eigenvalue weighted by atomic mass is 79.9. The highest BCUT2D eigenvalue weighted by Gasteiger charge is 2.27. The number of aryl methyl sites for hydroxylation is 1. The van der Waals surface area contributed by atoms with E-state index in [1.807, 2.05) is 11.5 Å². The molecule has 2 nitrogen and oxygen atoms in total. The van der Waals surface area contributed by atoms with Gasteiger partial charge in [-0.25, -0.2) is 4.39 Å². The summed E-state index contributed by atoms with van der Waals surface area (Å²) in [6.07, 6.45) is 2.78. The average Bonchev–Trinajstić information content (AvgIpc) is 3.16. The molecule has 3 rings (SSSR count). The zero-order valence-corrected chi connectivity index (χ0v) is 11.6. The quantitative estimate of drug-likeness (QED) is 0.827. The van der Waals surface area contributed by atoms with Crippen LogP contribution in [0.3, 0.4) is 0 Å². The molecule has 0 radical (unpaired) electrons. The van der Waals surface area contributed by atoms with Crippen molar-refractivity contribution in [3.63, 3.8) is 0 Å². The summed E-state index contributed by atoms with van der Waals surface area (Å²) in [6, 6.07) is 5.04. The van der Waals surface area contributed by atoms with Gasteiger partial charge in [0, 0.05) is 17.5 Å². The molecular weight excluding hydrogens is 297 g/mol. The molecule has 0 spiro atoms. The molecule has 0 saturated heterocycles. The summed E-state index contributed by atoms with van der Waals surface area (Å²) in [6.45, 7) is 1.98. The molecule has 1 aliphatic rings. The molecule has 4 heteroatoms. The fraction of sp³-hybridized carbons (Fsp3) is 0.357. The Morgan fingerprint density at radius 3 is 2.78 bits per heavy atom. The maximum atomic E-state index is 13.8. The number of fused-ring (bicyclic) bond motifs is 1. The van der Waals surface area contributed by atoms with Crippen LogP contribution in [-0.2, 0) is 6.42 Å². The Balaban J connectivity index is 2.48. The normalized spacial score (nSPS) is 15.3. The van der Waals surface area contributed by atoms with E-state index in [1.54, 1.807) is 6.07 Å². The predicted molar refractivity (Wildman–Crippen MR) is 73.5 cm³/mol. The summed E-state index contributed by atoms with van der Waals surface area (Å²) in [4.78, 5) is 12.0. The van der Waals surface area contributed by atoms with Crippen LogP contribution in [0.15, 0.2) is 27.5 Å². The van der Waals surface area contributed by atoms with Crippen molar-refractivity contribution in [3.8, 4) is 0 Å². The van der Waals surface area contributed by atoms with Gasteiger partial charge in [0.2, 0.25) is 0 Å². The lowest BCUT2D eigenvalue weighted by Gasteiger charge is -2.14. The molecule has 1 fully saturated rings. The van der Waals surface area contributed by atoms with Gasteiger partial charge in [-0.2, -0.15) is 0 Å². The van der Waals surface area contributed by atoms with Crippen molar-refractivity contribution < 1.29 is 4.39 Å². The second-order valence-electron chi connectivity index (χ2n) is 4.72. The molecular formula is C14H13BrFNO. The Morgan fingerprint density at radius 2 is 2.17 bits per heavy atom. The Kier molecular flexibility index (Phi) is 2.77. The lowest BCUT2D eigenvalue weighted by atomic mass is 10.1. The highest BCUT2D eigenvalue weighted by molar-refractivity contribution is 9.10. The molecule has 2 aromatic rings. The summed E-state index contributed by atoms with van der Waals surface area (Å²) in [7, 11) is 0. The molecule has 1 aromatic carbocycles. The summed E-state index contributed by atoms with van der Waals surface area (Å²) in [5.74, 6) is -0.264. The van der Waals surface area contributed by atoms with Gasteiger partial charge in [-0.05, 0) is 52.9 Å². The predicted octanol–water partition coefficient (Wildman–Crippen LogP) is 3.80. The molecule has 1 aromatic heterocycles. The van der Waals surface area contributed by atoms with Crippen molar-refractivity contribution in [2.75, 3.05) is 0 Å². The number of aromatic nitrogens is 1. The van der Waals surface area contributed by atoms with Crippen LogP contribution < -0.4 is 5.56 Å². The van der Waals surface area contributed by atoms with Crippen LogP contribution in [0.1, 0.15) is 31.4 Å². The standard InChI is InChI=1S/C14H13BrFNO/c1-2-10-13(15)11(16)7-8-3-6-12(18)17(14(8)10)9-4-5-9/h3,6-7,9H,2,4-5H2,1H3. The van der Waals surface area contributed by atoms with Crippen LogP contribution in [0.25, 0.3) is 10.9 Å². The molecule has 0 atom stereocenters. The van der Waals surface area contributed by atoms with Crippen LogP contribution in [-0.4, -0.2) is 4.57 Å². The van der Waals surface area contributed by atoms with E-state index in [-0.39, 0.29) is 11.4 Å². The van der Waals surface area contributed by atoms with E-state index in [9.17, 15) is 9.18 Å². The molecule has 94 valence electrons. The molecule has 0 N–H and O–H groups in total. The van der Waals surface area contributed by atoms with Crippen molar-refractivity contribution in [3.05, 3.63) is 44.4 Å². The van der Waals surface area contributed by atoms with E-state index in [4.69, 9.17) is 0 Å². The lowest BCUT2D eigenvalue weighted by Crippen LogP contribution is -2.19. The van der Waals surface area contributed by atoms with Gasteiger partial charge in [0.1, 0.15) is 5.82 Å². The molecule has 0 bridgehead atoms. The minimum Gasteiger partial charge on any atom is -0.305 e. The average molecular weight is 310 g/mol. The third kappa shape index (κ3) is 1.70. The SMILES string of the molecule is CCc1c(Br)c(F)cc2ccc(=O)n(C3CC3)c12. The van der Waals surface area contributed by atoms with Gasteiger partial charge in [0.25, 0.3) is 5.56 Å². The van der Waals surface area contributed by atoms with Crippen molar-refractivity contribution in [2.24, 2.45) is 0 Å². The number of hydrogen-bond acceptors (Lipinski definition) is 1. The smallest absolute Gasteiger partial charge is 0.251 e. The van der Waals surface area contributed by atoms with Crippen molar-refractivity contribution >= 4 is 26.8 Å². The Hall–Kier alpha value is -1.16. The van der Waals surface area contributed by atoms with Crippen molar-refractivity contribution in [2.45, 2.75) is 32.2 Å².